The van der Waals surface area contributed by atoms with Gasteiger partial charge in [0.2, 0.25) is 5.95 Å². The molecule has 2 aromatic heterocycles. The predicted molar refractivity (Wildman–Crippen MR) is 122 cm³/mol. The fraction of sp³-hybridized carbons (Fsp3) is 0.409. The minimum atomic E-state index is 0.442. The Morgan fingerprint density at radius 1 is 1.29 bits per heavy atom. The molecule has 3 N–H and O–H groups in total. The van der Waals surface area contributed by atoms with Gasteiger partial charge in [0.1, 0.15) is 0 Å². The molecule has 3 aromatic rings. The molecule has 0 amide bonds. The van der Waals surface area contributed by atoms with E-state index >= 15 is 0 Å². The number of rotatable bonds is 9. The summed E-state index contributed by atoms with van der Waals surface area (Å²) in [5, 5.41) is 11.9. The van der Waals surface area contributed by atoms with Gasteiger partial charge >= 0.3 is 0 Å². The van der Waals surface area contributed by atoms with Crippen LogP contribution >= 0.6 is 0 Å². The summed E-state index contributed by atoms with van der Waals surface area (Å²) in [6, 6.07) is 8.34. The number of nitrogens with zero attached hydrogens (tertiary/aromatic N) is 6. The first-order valence-electron chi connectivity index (χ1n) is 10.7. The Morgan fingerprint density at radius 3 is 2.84 bits per heavy atom. The van der Waals surface area contributed by atoms with Crippen LogP contribution in [0.2, 0.25) is 0 Å². The average Bonchev–Trinajstić information content (AvgIpc) is 3.46. The van der Waals surface area contributed by atoms with Gasteiger partial charge in [0.25, 0.3) is 0 Å². The van der Waals surface area contributed by atoms with Crippen molar-refractivity contribution in [3.05, 3.63) is 42.2 Å². The van der Waals surface area contributed by atoms with Crippen molar-refractivity contribution < 1.29 is 4.74 Å². The lowest BCUT2D eigenvalue weighted by Gasteiger charge is -2.11. The number of ether oxygens (including phenoxy) is 1. The van der Waals surface area contributed by atoms with Crippen LogP contribution in [0, 0.1) is 0 Å². The number of nitrogens with two attached hydrogens (primary N) is 1. The maximum atomic E-state index is 5.80. The lowest BCUT2D eigenvalue weighted by atomic mass is 10.1. The van der Waals surface area contributed by atoms with E-state index in [1.165, 1.54) is 12.8 Å². The highest BCUT2D eigenvalue weighted by molar-refractivity contribution is 6.09. The number of allylic oxidation sites excluding steroid dienone is 1. The van der Waals surface area contributed by atoms with E-state index in [1.54, 1.807) is 23.3 Å². The molecule has 1 aliphatic carbocycles. The topological polar surface area (TPSA) is 116 Å². The normalized spacial score (nSPS) is 15.3. The molecule has 0 bridgehead atoms. The van der Waals surface area contributed by atoms with E-state index in [1.807, 2.05) is 31.2 Å². The van der Waals surface area contributed by atoms with E-state index in [4.69, 9.17) is 10.5 Å². The van der Waals surface area contributed by atoms with Gasteiger partial charge in [0.05, 0.1) is 25.0 Å². The average molecular weight is 421 g/mol. The molecule has 0 atom stereocenters. The van der Waals surface area contributed by atoms with Gasteiger partial charge in [-0.1, -0.05) is 30.2 Å². The molecule has 1 aliphatic rings. The van der Waals surface area contributed by atoms with Crippen LogP contribution in [0.3, 0.4) is 0 Å². The Labute approximate surface area is 181 Å². The molecule has 0 radical (unpaired) electrons. The standard InChI is InChI=1S/C22H28N8O/c1-2-31-12-11-24-14-17(13-23)16-7-9-19(10-8-16)30-21-20(28-29-30)15-25-22(27-21)26-18-5-3-4-6-18/h7-10,13-15,18H,2-6,11-12,23H2,1H3,(H,25,26,27). The highest BCUT2D eigenvalue weighted by Gasteiger charge is 2.17. The van der Waals surface area contributed by atoms with Gasteiger partial charge in [-0.05, 0) is 37.5 Å². The molecule has 31 heavy (non-hydrogen) atoms. The number of anilines is 1. The Kier molecular flexibility index (Phi) is 6.83. The Balaban J connectivity index is 1.51. The molecule has 0 aliphatic heterocycles. The van der Waals surface area contributed by atoms with Crippen molar-refractivity contribution in [1.82, 2.24) is 25.0 Å². The minimum Gasteiger partial charge on any atom is -0.404 e. The quantitative estimate of drug-likeness (QED) is 0.404. The van der Waals surface area contributed by atoms with E-state index in [-0.39, 0.29) is 0 Å². The first-order valence-corrected chi connectivity index (χ1v) is 10.7. The van der Waals surface area contributed by atoms with Crippen molar-refractivity contribution in [1.29, 1.82) is 0 Å². The summed E-state index contributed by atoms with van der Waals surface area (Å²) < 4.78 is 7.02. The fourth-order valence-corrected chi connectivity index (χ4v) is 3.66. The monoisotopic (exact) mass is 420 g/mol. The number of hydrogen-bond donors (Lipinski definition) is 2. The Bertz CT molecular complexity index is 1050. The van der Waals surface area contributed by atoms with Gasteiger partial charge in [0.15, 0.2) is 11.2 Å². The van der Waals surface area contributed by atoms with Crippen molar-refractivity contribution in [2.75, 3.05) is 25.1 Å². The summed E-state index contributed by atoms with van der Waals surface area (Å²) in [5.41, 5.74) is 9.81. The van der Waals surface area contributed by atoms with Gasteiger partial charge in [-0.25, -0.2) is 4.98 Å². The third kappa shape index (κ3) is 5.05. The predicted octanol–water partition coefficient (Wildman–Crippen LogP) is 2.97. The number of fused-ring (bicyclic) bond motifs is 1. The lowest BCUT2D eigenvalue weighted by molar-refractivity contribution is 0.156. The van der Waals surface area contributed by atoms with Crippen LogP contribution in [0.4, 0.5) is 5.95 Å². The van der Waals surface area contributed by atoms with Crippen molar-refractivity contribution in [2.24, 2.45) is 10.7 Å². The van der Waals surface area contributed by atoms with E-state index in [9.17, 15) is 0 Å². The first kappa shape index (κ1) is 20.9. The van der Waals surface area contributed by atoms with Gasteiger partial charge in [-0.2, -0.15) is 9.67 Å². The second kappa shape index (κ2) is 10.1. The molecule has 9 nitrogen and oxygen atoms in total. The molecule has 9 heteroatoms. The molecule has 2 heterocycles. The van der Waals surface area contributed by atoms with E-state index in [2.05, 4.69) is 30.6 Å². The van der Waals surface area contributed by atoms with Gasteiger partial charge < -0.3 is 15.8 Å². The molecular weight excluding hydrogens is 392 g/mol. The molecule has 1 fully saturated rings. The van der Waals surface area contributed by atoms with E-state index < -0.39 is 0 Å². The summed E-state index contributed by atoms with van der Waals surface area (Å²) in [6.45, 7) is 3.86. The van der Waals surface area contributed by atoms with Gasteiger partial charge in [-0.15, -0.1) is 5.10 Å². The zero-order valence-corrected chi connectivity index (χ0v) is 17.7. The summed E-state index contributed by atoms with van der Waals surface area (Å²) in [7, 11) is 0. The molecule has 162 valence electrons. The highest BCUT2D eigenvalue weighted by Crippen LogP contribution is 2.22. The van der Waals surface area contributed by atoms with Crippen LogP contribution in [0.25, 0.3) is 22.4 Å². The Morgan fingerprint density at radius 2 is 2.10 bits per heavy atom. The van der Waals surface area contributed by atoms with Crippen LogP contribution in [-0.4, -0.2) is 57.0 Å². The second-order valence-electron chi connectivity index (χ2n) is 7.43. The number of nitrogens with one attached hydrogen (secondary N) is 1. The third-order valence-corrected chi connectivity index (χ3v) is 5.30. The van der Waals surface area contributed by atoms with Gasteiger partial charge in [0, 0.05) is 30.6 Å². The third-order valence-electron chi connectivity index (χ3n) is 5.30. The summed E-state index contributed by atoms with van der Waals surface area (Å²) in [6.07, 6.45) is 9.86. The minimum absolute atomic E-state index is 0.442. The molecule has 4 rings (SSSR count). The van der Waals surface area contributed by atoms with Crippen LogP contribution in [-0.2, 0) is 4.74 Å². The van der Waals surface area contributed by atoms with Crippen molar-refractivity contribution in [3.63, 3.8) is 0 Å². The first-order chi connectivity index (χ1) is 15.3. The van der Waals surface area contributed by atoms with Crippen LogP contribution in [0.15, 0.2) is 41.7 Å². The maximum absolute atomic E-state index is 5.80. The van der Waals surface area contributed by atoms with Crippen LogP contribution < -0.4 is 11.1 Å². The summed E-state index contributed by atoms with van der Waals surface area (Å²) in [4.78, 5) is 13.4. The second-order valence-corrected chi connectivity index (χ2v) is 7.43. The zero-order chi connectivity index (χ0) is 21.5. The summed E-state index contributed by atoms with van der Waals surface area (Å²) in [5.74, 6) is 0.621. The molecule has 0 saturated heterocycles. The number of aromatic nitrogens is 5. The largest absolute Gasteiger partial charge is 0.404 e. The van der Waals surface area contributed by atoms with Crippen molar-refractivity contribution in [3.8, 4) is 5.69 Å². The number of aliphatic imine (C=N–C) groups is 1. The summed E-state index contributed by atoms with van der Waals surface area (Å²) >= 11 is 0. The molecular formula is C22H28N8O. The smallest absolute Gasteiger partial charge is 0.225 e. The van der Waals surface area contributed by atoms with Crippen LogP contribution in [0.5, 0.6) is 0 Å². The Hall–Kier alpha value is -3.33. The SMILES string of the molecule is CCOCCN=CC(=CN)c1ccc(-n2nnc3cnc(NC4CCCC4)nc32)cc1. The fourth-order valence-electron chi connectivity index (χ4n) is 3.66. The zero-order valence-electron chi connectivity index (χ0n) is 17.7. The van der Waals surface area contributed by atoms with E-state index in [0.717, 1.165) is 29.7 Å². The van der Waals surface area contributed by atoms with Gasteiger partial charge in [-0.3, -0.25) is 4.99 Å². The van der Waals surface area contributed by atoms with E-state index in [0.29, 0.717) is 42.9 Å². The lowest BCUT2D eigenvalue weighted by Crippen LogP contribution is -2.16. The van der Waals surface area contributed by atoms with Crippen molar-refractivity contribution >= 4 is 28.9 Å². The maximum Gasteiger partial charge on any atom is 0.225 e. The number of hydrogen-bond acceptors (Lipinski definition) is 8. The highest BCUT2D eigenvalue weighted by atomic mass is 16.5. The van der Waals surface area contributed by atoms with Crippen molar-refractivity contribution in [2.45, 2.75) is 38.6 Å². The molecule has 0 unspecified atom stereocenters. The molecule has 1 aromatic carbocycles. The molecule has 1 saturated carbocycles. The molecule has 0 spiro atoms. The van der Waals surface area contributed by atoms with Crippen LogP contribution in [0.1, 0.15) is 38.2 Å². The number of benzene rings is 1.